The molecule has 1 atom stereocenters. The smallest absolute Gasteiger partial charge is 0.246 e. The molecule has 1 aliphatic rings. The quantitative estimate of drug-likeness (QED) is 0.927. The highest BCUT2D eigenvalue weighted by Gasteiger charge is 2.44. The van der Waals surface area contributed by atoms with Gasteiger partial charge < -0.3 is 10.2 Å². The lowest BCUT2D eigenvalue weighted by atomic mass is 9.95. The van der Waals surface area contributed by atoms with Crippen molar-refractivity contribution < 1.29 is 9.59 Å². The van der Waals surface area contributed by atoms with Crippen LogP contribution in [-0.4, -0.2) is 28.3 Å². The van der Waals surface area contributed by atoms with E-state index < -0.39 is 11.6 Å². The Balaban J connectivity index is 1.98. The van der Waals surface area contributed by atoms with Crippen molar-refractivity contribution in [3.05, 3.63) is 35.2 Å². The van der Waals surface area contributed by atoms with E-state index in [2.05, 4.69) is 22.8 Å². The molecule has 1 aromatic heterocycles. The van der Waals surface area contributed by atoms with Crippen molar-refractivity contribution in [1.29, 1.82) is 0 Å². The van der Waals surface area contributed by atoms with E-state index in [4.69, 9.17) is 0 Å². The number of benzene rings is 1. The van der Waals surface area contributed by atoms with Crippen molar-refractivity contribution in [3.63, 3.8) is 0 Å². The van der Waals surface area contributed by atoms with Crippen LogP contribution in [0.15, 0.2) is 29.6 Å². The van der Waals surface area contributed by atoms with Crippen LogP contribution in [0.3, 0.4) is 0 Å². The van der Waals surface area contributed by atoms with Crippen molar-refractivity contribution in [3.8, 4) is 0 Å². The van der Waals surface area contributed by atoms with E-state index in [9.17, 15) is 9.59 Å². The van der Waals surface area contributed by atoms with Crippen molar-refractivity contribution >= 4 is 33.2 Å². The fourth-order valence-corrected chi connectivity index (χ4v) is 3.62. The molecule has 1 N–H and O–H groups in total. The SMILES string of the molecule is CC1NC(=O)C(C)(C)N(Cc2csc3ccccc23)C1=O. The molecule has 1 aliphatic heterocycles. The molecule has 4 nitrogen and oxygen atoms in total. The first-order valence-corrected chi connectivity index (χ1v) is 7.87. The standard InChI is InChI=1S/C16H18N2O2S/c1-10-14(19)18(16(2,3)15(20)17-10)8-11-9-21-13-7-5-4-6-12(11)13/h4-7,9-10H,8H2,1-3H3,(H,17,20). The Morgan fingerprint density at radius 3 is 2.76 bits per heavy atom. The number of piperazine rings is 1. The molecule has 1 aromatic carbocycles. The summed E-state index contributed by atoms with van der Waals surface area (Å²) in [5.41, 5.74) is 0.269. The number of hydrogen-bond donors (Lipinski definition) is 1. The average Bonchev–Trinajstić information content (AvgIpc) is 2.85. The lowest BCUT2D eigenvalue weighted by Crippen LogP contribution is -2.67. The predicted molar refractivity (Wildman–Crippen MR) is 84.1 cm³/mol. The van der Waals surface area contributed by atoms with Gasteiger partial charge in [0.15, 0.2) is 0 Å². The predicted octanol–water partition coefficient (Wildman–Crippen LogP) is 2.53. The Morgan fingerprint density at radius 1 is 1.29 bits per heavy atom. The van der Waals surface area contributed by atoms with Crippen LogP contribution in [0.1, 0.15) is 26.3 Å². The van der Waals surface area contributed by atoms with E-state index >= 15 is 0 Å². The highest BCUT2D eigenvalue weighted by atomic mass is 32.1. The number of carbonyl (C=O) groups is 2. The number of carbonyl (C=O) groups excluding carboxylic acids is 2. The molecular weight excluding hydrogens is 284 g/mol. The minimum Gasteiger partial charge on any atom is -0.343 e. The minimum absolute atomic E-state index is 0.0325. The summed E-state index contributed by atoms with van der Waals surface area (Å²) in [6.45, 7) is 5.78. The Morgan fingerprint density at radius 2 is 2.00 bits per heavy atom. The summed E-state index contributed by atoms with van der Waals surface area (Å²) in [6, 6.07) is 7.68. The van der Waals surface area contributed by atoms with Gasteiger partial charge in [-0.1, -0.05) is 18.2 Å². The molecule has 3 rings (SSSR count). The zero-order valence-electron chi connectivity index (χ0n) is 12.3. The van der Waals surface area contributed by atoms with Crippen molar-refractivity contribution in [2.45, 2.75) is 38.9 Å². The maximum Gasteiger partial charge on any atom is 0.246 e. The van der Waals surface area contributed by atoms with E-state index in [0.29, 0.717) is 6.54 Å². The number of thiophene rings is 1. The zero-order valence-corrected chi connectivity index (χ0v) is 13.2. The van der Waals surface area contributed by atoms with Crippen LogP contribution in [0.5, 0.6) is 0 Å². The monoisotopic (exact) mass is 302 g/mol. The van der Waals surface area contributed by atoms with Crippen molar-refractivity contribution in [2.75, 3.05) is 0 Å². The summed E-state index contributed by atoms with van der Waals surface area (Å²) < 4.78 is 1.20. The average molecular weight is 302 g/mol. The number of hydrogen-bond acceptors (Lipinski definition) is 3. The van der Waals surface area contributed by atoms with Gasteiger partial charge in [0.05, 0.1) is 0 Å². The van der Waals surface area contributed by atoms with Crippen LogP contribution in [0.4, 0.5) is 0 Å². The molecule has 5 heteroatoms. The summed E-state index contributed by atoms with van der Waals surface area (Å²) in [7, 11) is 0. The molecule has 0 bridgehead atoms. The fourth-order valence-electron chi connectivity index (χ4n) is 2.67. The summed E-state index contributed by atoms with van der Waals surface area (Å²) in [5.74, 6) is -0.135. The molecule has 0 spiro atoms. The second-order valence-electron chi connectivity index (χ2n) is 5.94. The third-order valence-electron chi connectivity index (χ3n) is 4.10. The highest BCUT2D eigenvalue weighted by Crippen LogP contribution is 2.30. The lowest BCUT2D eigenvalue weighted by molar-refractivity contribution is -0.155. The molecule has 0 saturated carbocycles. The largest absolute Gasteiger partial charge is 0.343 e. The molecule has 2 heterocycles. The Bertz CT molecular complexity index is 720. The topological polar surface area (TPSA) is 49.4 Å². The van der Waals surface area contributed by atoms with Crippen LogP contribution < -0.4 is 5.32 Å². The summed E-state index contributed by atoms with van der Waals surface area (Å²) in [6.07, 6.45) is 0. The van der Waals surface area contributed by atoms with Gasteiger partial charge in [-0.05, 0) is 43.2 Å². The Hall–Kier alpha value is -1.88. The van der Waals surface area contributed by atoms with E-state index in [-0.39, 0.29) is 11.8 Å². The summed E-state index contributed by atoms with van der Waals surface area (Å²) >= 11 is 1.67. The van der Waals surface area contributed by atoms with Gasteiger partial charge in [-0.15, -0.1) is 11.3 Å². The Kier molecular flexibility index (Phi) is 3.24. The number of rotatable bonds is 2. The number of fused-ring (bicyclic) bond motifs is 1. The minimum atomic E-state index is -0.827. The van der Waals surface area contributed by atoms with Gasteiger partial charge >= 0.3 is 0 Å². The van der Waals surface area contributed by atoms with E-state index in [1.54, 1.807) is 37.0 Å². The molecule has 1 unspecified atom stereocenters. The maximum atomic E-state index is 12.5. The van der Waals surface area contributed by atoms with E-state index in [1.165, 1.54) is 4.70 Å². The molecule has 1 saturated heterocycles. The first-order valence-electron chi connectivity index (χ1n) is 6.99. The molecule has 2 amide bonds. The van der Waals surface area contributed by atoms with E-state index in [1.807, 2.05) is 12.1 Å². The van der Waals surface area contributed by atoms with Gasteiger partial charge in [0, 0.05) is 11.2 Å². The van der Waals surface area contributed by atoms with Gasteiger partial charge in [-0.2, -0.15) is 0 Å². The number of nitrogens with one attached hydrogen (secondary N) is 1. The number of nitrogens with zero attached hydrogens (tertiary/aromatic N) is 1. The highest BCUT2D eigenvalue weighted by molar-refractivity contribution is 7.17. The maximum absolute atomic E-state index is 12.5. The van der Waals surface area contributed by atoms with E-state index in [0.717, 1.165) is 10.9 Å². The van der Waals surface area contributed by atoms with Crippen LogP contribution in [0.2, 0.25) is 0 Å². The molecular formula is C16H18N2O2S. The molecule has 0 radical (unpaired) electrons. The van der Waals surface area contributed by atoms with Gasteiger partial charge in [-0.25, -0.2) is 0 Å². The number of amides is 2. The molecule has 0 aliphatic carbocycles. The summed E-state index contributed by atoms with van der Waals surface area (Å²) in [5, 5.41) is 5.97. The Labute approximate surface area is 127 Å². The van der Waals surface area contributed by atoms with Crippen molar-refractivity contribution in [2.24, 2.45) is 0 Å². The van der Waals surface area contributed by atoms with Crippen LogP contribution in [0.25, 0.3) is 10.1 Å². The summed E-state index contributed by atoms with van der Waals surface area (Å²) in [4.78, 5) is 26.3. The molecule has 110 valence electrons. The molecule has 1 fully saturated rings. The second-order valence-corrected chi connectivity index (χ2v) is 6.85. The van der Waals surface area contributed by atoms with Crippen LogP contribution in [0, 0.1) is 0 Å². The first-order chi connectivity index (χ1) is 9.91. The third kappa shape index (κ3) is 2.21. The van der Waals surface area contributed by atoms with Gasteiger partial charge in [-0.3, -0.25) is 9.59 Å². The van der Waals surface area contributed by atoms with Gasteiger partial charge in [0.25, 0.3) is 0 Å². The fraction of sp³-hybridized carbons (Fsp3) is 0.375. The van der Waals surface area contributed by atoms with Crippen molar-refractivity contribution in [1.82, 2.24) is 10.2 Å². The molecule has 2 aromatic rings. The first kappa shape index (κ1) is 14.1. The zero-order chi connectivity index (χ0) is 15.2. The second kappa shape index (κ2) is 4.84. The van der Waals surface area contributed by atoms with Gasteiger partial charge in [0.2, 0.25) is 11.8 Å². The normalized spacial score (nSPS) is 21.7. The third-order valence-corrected chi connectivity index (χ3v) is 5.12. The lowest BCUT2D eigenvalue weighted by Gasteiger charge is -2.43. The van der Waals surface area contributed by atoms with Gasteiger partial charge in [0.1, 0.15) is 11.6 Å². The van der Waals surface area contributed by atoms with Crippen LogP contribution in [-0.2, 0) is 16.1 Å². The van der Waals surface area contributed by atoms with Crippen LogP contribution >= 0.6 is 11.3 Å². The molecule has 21 heavy (non-hydrogen) atoms.